The summed E-state index contributed by atoms with van der Waals surface area (Å²) in [5, 5.41) is 6.03. The van der Waals surface area contributed by atoms with Crippen LogP contribution in [0.2, 0.25) is 0 Å². The van der Waals surface area contributed by atoms with Gasteiger partial charge in [0.05, 0.1) is 19.8 Å². The standard InChI is InChI=1S/C25H33N3O4S/c1-17(28(20-10-11-20)24(29)21-16-26-13-14-32-21)22-15-19(9-6-12-27-25(30)31-2)23(33-22)18-7-4-3-5-8-18/h3-5,7-8,15,17,20-21,26H,6,9-14,16H2,1-2H3,(H,27,30)/t17-,21-/m1/s1. The maximum Gasteiger partial charge on any atom is 0.406 e. The lowest BCUT2D eigenvalue weighted by Gasteiger charge is -2.33. The van der Waals surface area contributed by atoms with E-state index in [4.69, 9.17) is 4.74 Å². The van der Waals surface area contributed by atoms with Gasteiger partial charge in [-0.2, -0.15) is 0 Å². The molecule has 0 spiro atoms. The SMILES string of the molecule is COC(=O)NCCCc1cc([C@@H](C)N(C(=O)[C@H]2CNCCO2)C2CC2)sc1-c1ccccc1. The zero-order valence-electron chi connectivity index (χ0n) is 19.3. The van der Waals surface area contributed by atoms with E-state index >= 15 is 0 Å². The van der Waals surface area contributed by atoms with Gasteiger partial charge in [-0.3, -0.25) is 4.79 Å². The van der Waals surface area contributed by atoms with Gasteiger partial charge in [0.2, 0.25) is 0 Å². The van der Waals surface area contributed by atoms with Crippen LogP contribution in [0.1, 0.15) is 42.7 Å². The molecular formula is C25H33N3O4S. The van der Waals surface area contributed by atoms with Crippen LogP contribution in [-0.2, 0) is 20.7 Å². The molecule has 7 nitrogen and oxygen atoms in total. The van der Waals surface area contributed by atoms with E-state index < -0.39 is 12.2 Å². The zero-order valence-corrected chi connectivity index (χ0v) is 20.2. The molecular weight excluding hydrogens is 438 g/mol. The third-order valence-corrected chi connectivity index (χ3v) is 7.57. The second-order valence-corrected chi connectivity index (χ2v) is 9.69. The Kier molecular flexibility index (Phi) is 8.01. The molecule has 178 valence electrons. The molecule has 2 fully saturated rings. The second-order valence-electron chi connectivity index (χ2n) is 8.61. The lowest BCUT2D eigenvalue weighted by Crippen LogP contribution is -2.50. The highest BCUT2D eigenvalue weighted by atomic mass is 32.1. The van der Waals surface area contributed by atoms with Gasteiger partial charge in [0, 0.05) is 35.4 Å². The average Bonchev–Trinajstić information content (AvgIpc) is 3.60. The van der Waals surface area contributed by atoms with Crippen molar-refractivity contribution in [2.45, 2.75) is 50.8 Å². The number of hydrogen-bond donors (Lipinski definition) is 2. The second kappa shape index (κ2) is 11.1. The summed E-state index contributed by atoms with van der Waals surface area (Å²) in [4.78, 5) is 29.2. The highest BCUT2D eigenvalue weighted by Gasteiger charge is 2.40. The van der Waals surface area contributed by atoms with Gasteiger partial charge < -0.3 is 25.0 Å². The Morgan fingerprint density at radius 1 is 1.30 bits per heavy atom. The number of carbonyl (C=O) groups is 2. The number of thiophene rings is 1. The maximum absolute atomic E-state index is 13.4. The number of hydrogen-bond acceptors (Lipinski definition) is 6. The predicted molar refractivity (Wildman–Crippen MR) is 129 cm³/mol. The number of rotatable bonds is 9. The van der Waals surface area contributed by atoms with E-state index in [2.05, 4.69) is 45.4 Å². The molecule has 8 heteroatoms. The fraction of sp³-hybridized carbons (Fsp3) is 0.520. The molecule has 0 unspecified atom stereocenters. The summed E-state index contributed by atoms with van der Waals surface area (Å²) in [6.45, 7) is 4.63. The Morgan fingerprint density at radius 2 is 2.09 bits per heavy atom. The summed E-state index contributed by atoms with van der Waals surface area (Å²) in [7, 11) is 1.37. The van der Waals surface area contributed by atoms with Gasteiger partial charge in [-0.05, 0) is 49.8 Å². The minimum Gasteiger partial charge on any atom is -0.453 e. The largest absolute Gasteiger partial charge is 0.453 e. The molecule has 33 heavy (non-hydrogen) atoms. The molecule has 4 rings (SSSR count). The zero-order chi connectivity index (χ0) is 23.2. The van der Waals surface area contributed by atoms with Crippen LogP contribution in [0.5, 0.6) is 0 Å². The molecule has 1 aliphatic carbocycles. The molecule has 2 aliphatic rings. The van der Waals surface area contributed by atoms with Gasteiger partial charge in [0.15, 0.2) is 0 Å². The summed E-state index contributed by atoms with van der Waals surface area (Å²) in [6, 6.07) is 12.9. The van der Waals surface area contributed by atoms with Gasteiger partial charge in [-0.15, -0.1) is 11.3 Å². The van der Waals surface area contributed by atoms with E-state index in [0.29, 0.717) is 25.7 Å². The van der Waals surface area contributed by atoms with Crippen LogP contribution in [0.25, 0.3) is 10.4 Å². The predicted octanol–water partition coefficient (Wildman–Crippen LogP) is 3.74. The molecule has 2 N–H and O–H groups in total. The van der Waals surface area contributed by atoms with Crippen LogP contribution in [-0.4, -0.2) is 62.4 Å². The van der Waals surface area contributed by atoms with Crippen molar-refractivity contribution in [3.8, 4) is 10.4 Å². The number of morpholine rings is 1. The minimum absolute atomic E-state index is 0.00932. The van der Waals surface area contributed by atoms with Crippen molar-refractivity contribution in [1.29, 1.82) is 0 Å². The Bertz CT molecular complexity index is 938. The van der Waals surface area contributed by atoms with E-state index in [-0.39, 0.29) is 11.9 Å². The Morgan fingerprint density at radius 3 is 2.76 bits per heavy atom. The van der Waals surface area contributed by atoms with Gasteiger partial charge in [-0.25, -0.2) is 4.79 Å². The first-order valence-corrected chi connectivity index (χ1v) is 12.5. The number of carbonyl (C=O) groups excluding carboxylic acids is 2. The van der Waals surface area contributed by atoms with E-state index in [9.17, 15) is 9.59 Å². The highest BCUT2D eigenvalue weighted by Crippen LogP contribution is 2.41. The van der Waals surface area contributed by atoms with E-state index in [1.807, 2.05) is 18.2 Å². The summed E-state index contributed by atoms with van der Waals surface area (Å²) in [6.07, 6.45) is 2.95. The summed E-state index contributed by atoms with van der Waals surface area (Å²) < 4.78 is 10.4. The van der Waals surface area contributed by atoms with Crippen molar-refractivity contribution in [3.63, 3.8) is 0 Å². The van der Waals surface area contributed by atoms with Gasteiger partial charge >= 0.3 is 6.09 Å². The molecule has 1 saturated heterocycles. The fourth-order valence-corrected chi connectivity index (χ4v) is 5.55. The van der Waals surface area contributed by atoms with Crippen molar-refractivity contribution >= 4 is 23.3 Å². The first kappa shape index (κ1) is 23.7. The minimum atomic E-state index is -0.407. The van der Waals surface area contributed by atoms with Gasteiger partial charge in [0.25, 0.3) is 5.91 Å². The third-order valence-electron chi connectivity index (χ3n) is 6.17. The average molecular weight is 472 g/mol. The summed E-state index contributed by atoms with van der Waals surface area (Å²) in [5.74, 6) is 0.0932. The molecule has 2 amide bonds. The molecule has 1 aromatic heterocycles. The molecule has 1 aromatic carbocycles. The van der Waals surface area contributed by atoms with E-state index in [1.165, 1.54) is 28.0 Å². The smallest absolute Gasteiger partial charge is 0.406 e. The summed E-state index contributed by atoms with van der Waals surface area (Å²) in [5.41, 5.74) is 2.43. The number of nitrogens with one attached hydrogen (secondary N) is 2. The lowest BCUT2D eigenvalue weighted by atomic mass is 10.0. The van der Waals surface area contributed by atoms with Crippen LogP contribution in [0.15, 0.2) is 36.4 Å². The first-order valence-electron chi connectivity index (χ1n) is 11.7. The number of benzene rings is 1. The monoisotopic (exact) mass is 471 g/mol. The van der Waals surface area contributed by atoms with Crippen molar-refractivity contribution in [1.82, 2.24) is 15.5 Å². The number of nitrogens with zero attached hydrogens (tertiary/aromatic N) is 1. The van der Waals surface area contributed by atoms with Crippen molar-refractivity contribution in [2.75, 3.05) is 33.4 Å². The topological polar surface area (TPSA) is 79.9 Å². The maximum atomic E-state index is 13.4. The Labute approximate surface area is 199 Å². The van der Waals surface area contributed by atoms with Gasteiger partial charge in [0.1, 0.15) is 6.10 Å². The van der Waals surface area contributed by atoms with Crippen molar-refractivity contribution < 1.29 is 19.1 Å². The van der Waals surface area contributed by atoms with Crippen molar-refractivity contribution in [2.24, 2.45) is 0 Å². The lowest BCUT2D eigenvalue weighted by molar-refractivity contribution is -0.148. The molecule has 0 radical (unpaired) electrons. The van der Waals surface area contributed by atoms with E-state index in [1.54, 1.807) is 11.3 Å². The van der Waals surface area contributed by atoms with Crippen LogP contribution in [0, 0.1) is 0 Å². The molecule has 1 saturated carbocycles. The van der Waals surface area contributed by atoms with Crippen molar-refractivity contribution in [3.05, 3.63) is 46.8 Å². The number of amides is 2. The van der Waals surface area contributed by atoms with E-state index in [0.717, 1.165) is 32.2 Å². The molecule has 2 atom stereocenters. The quantitative estimate of drug-likeness (QED) is 0.545. The molecule has 2 heterocycles. The molecule has 0 bridgehead atoms. The van der Waals surface area contributed by atoms with Crippen LogP contribution in [0.4, 0.5) is 4.79 Å². The number of alkyl carbamates (subject to hydrolysis) is 1. The Hall–Kier alpha value is -2.42. The number of aryl methyl sites for hydroxylation is 1. The number of ether oxygens (including phenoxy) is 2. The van der Waals surface area contributed by atoms with Crippen LogP contribution >= 0.6 is 11.3 Å². The molecule has 2 aromatic rings. The Balaban J connectivity index is 1.54. The number of methoxy groups -OCH3 is 1. The van der Waals surface area contributed by atoms with Crippen LogP contribution < -0.4 is 10.6 Å². The van der Waals surface area contributed by atoms with Gasteiger partial charge in [-0.1, -0.05) is 30.3 Å². The molecule has 1 aliphatic heterocycles. The summed E-state index contributed by atoms with van der Waals surface area (Å²) >= 11 is 1.76. The highest BCUT2D eigenvalue weighted by molar-refractivity contribution is 7.15. The normalized spacial score (nSPS) is 19.0. The fourth-order valence-electron chi connectivity index (χ4n) is 4.28. The van der Waals surface area contributed by atoms with Crippen LogP contribution in [0.3, 0.4) is 0 Å². The first-order chi connectivity index (χ1) is 16.1. The third kappa shape index (κ3) is 5.93.